The van der Waals surface area contributed by atoms with Gasteiger partial charge in [-0.05, 0) is 42.0 Å². The molecule has 1 aliphatic rings. The summed E-state index contributed by atoms with van der Waals surface area (Å²) in [6.45, 7) is 8.98. The maximum absolute atomic E-state index is 12.9. The zero-order valence-corrected chi connectivity index (χ0v) is 16.7. The summed E-state index contributed by atoms with van der Waals surface area (Å²) in [5.41, 5.74) is 5.39. The number of hydrogen-bond acceptors (Lipinski definition) is 2. The summed E-state index contributed by atoms with van der Waals surface area (Å²) in [5, 5.41) is 0. The molecule has 0 bridgehead atoms. The Kier molecular flexibility index (Phi) is 5.64. The number of carbonyl (C=O) groups excluding carboxylic acids is 2. The molecule has 27 heavy (non-hydrogen) atoms. The normalized spacial score (nSPS) is 13.0. The van der Waals surface area contributed by atoms with Gasteiger partial charge in [0.1, 0.15) is 0 Å². The van der Waals surface area contributed by atoms with E-state index in [1.165, 1.54) is 5.56 Å². The van der Waals surface area contributed by atoms with Crippen molar-refractivity contribution in [3.8, 4) is 0 Å². The Morgan fingerprint density at radius 3 is 2.56 bits per heavy atom. The molecular formula is C23H28N2O2. The van der Waals surface area contributed by atoms with Crippen LogP contribution in [-0.4, -0.2) is 24.9 Å². The summed E-state index contributed by atoms with van der Waals surface area (Å²) in [7, 11) is 0. The molecule has 2 amide bonds. The van der Waals surface area contributed by atoms with Crippen molar-refractivity contribution in [2.45, 2.75) is 46.5 Å². The van der Waals surface area contributed by atoms with Crippen molar-refractivity contribution in [2.24, 2.45) is 0 Å². The Morgan fingerprint density at radius 2 is 1.85 bits per heavy atom. The number of para-hydroxylation sites is 2. The molecule has 0 spiro atoms. The quantitative estimate of drug-likeness (QED) is 0.786. The molecule has 0 aromatic heterocycles. The average molecular weight is 364 g/mol. The van der Waals surface area contributed by atoms with Crippen LogP contribution in [0.4, 0.5) is 11.4 Å². The van der Waals surface area contributed by atoms with Gasteiger partial charge in [-0.15, -0.1) is 0 Å². The molecule has 0 aliphatic carbocycles. The molecule has 142 valence electrons. The smallest absolute Gasteiger partial charge is 0.228 e. The largest absolute Gasteiger partial charge is 0.312 e. The predicted molar refractivity (Wildman–Crippen MR) is 110 cm³/mol. The van der Waals surface area contributed by atoms with Gasteiger partial charge in [-0.1, -0.05) is 50.2 Å². The van der Waals surface area contributed by atoms with Crippen molar-refractivity contribution in [1.82, 2.24) is 0 Å². The summed E-state index contributed by atoms with van der Waals surface area (Å²) >= 11 is 0. The third kappa shape index (κ3) is 3.90. The molecule has 4 heteroatoms. The highest BCUT2D eigenvalue weighted by Crippen LogP contribution is 2.32. The zero-order valence-electron chi connectivity index (χ0n) is 16.7. The van der Waals surface area contributed by atoms with Crippen molar-refractivity contribution in [1.29, 1.82) is 0 Å². The van der Waals surface area contributed by atoms with Gasteiger partial charge in [-0.3, -0.25) is 9.59 Å². The Morgan fingerprint density at radius 1 is 1.11 bits per heavy atom. The third-order valence-corrected chi connectivity index (χ3v) is 5.28. The summed E-state index contributed by atoms with van der Waals surface area (Å²) in [5.74, 6) is 0.356. The highest BCUT2D eigenvalue weighted by molar-refractivity contribution is 5.98. The topological polar surface area (TPSA) is 40.6 Å². The van der Waals surface area contributed by atoms with Gasteiger partial charge in [0.05, 0.1) is 0 Å². The molecule has 4 nitrogen and oxygen atoms in total. The standard InChI is InChI=1S/C23H28N2O2/c1-16(2)20-10-7-8-17(3)23(20)24(18(4)26)15-13-22(27)25-14-12-19-9-5-6-11-21(19)25/h5-11,16H,12-15H2,1-4H3. The summed E-state index contributed by atoms with van der Waals surface area (Å²) in [4.78, 5) is 28.9. The first kappa shape index (κ1) is 19.2. The summed E-state index contributed by atoms with van der Waals surface area (Å²) in [6, 6.07) is 14.2. The molecule has 0 saturated heterocycles. The van der Waals surface area contributed by atoms with Gasteiger partial charge in [-0.25, -0.2) is 0 Å². The number of benzene rings is 2. The van der Waals surface area contributed by atoms with E-state index < -0.39 is 0 Å². The van der Waals surface area contributed by atoms with E-state index in [9.17, 15) is 9.59 Å². The number of carbonyl (C=O) groups is 2. The van der Waals surface area contributed by atoms with Crippen LogP contribution in [0.25, 0.3) is 0 Å². The minimum atomic E-state index is -0.0270. The average Bonchev–Trinajstić information content (AvgIpc) is 3.06. The second-order valence-electron chi connectivity index (χ2n) is 7.51. The molecule has 2 aromatic carbocycles. The Hall–Kier alpha value is -2.62. The summed E-state index contributed by atoms with van der Waals surface area (Å²) < 4.78 is 0. The number of anilines is 2. The minimum Gasteiger partial charge on any atom is -0.312 e. The van der Waals surface area contributed by atoms with Crippen LogP contribution in [0, 0.1) is 6.92 Å². The van der Waals surface area contributed by atoms with Crippen LogP contribution in [0.1, 0.15) is 49.8 Å². The lowest BCUT2D eigenvalue weighted by Gasteiger charge is -2.28. The van der Waals surface area contributed by atoms with E-state index in [2.05, 4.69) is 26.0 Å². The van der Waals surface area contributed by atoms with E-state index in [-0.39, 0.29) is 11.8 Å². The van der Waals surface area contributed by atoms with Crippen LogP contribution in [0.15, 0.2) is 42.5 Å². The Balaban J connectivity index is 1.79. The van der Waals surface area contributed by atoms with E-state index in [0.29, 0.717) is 18.9 Å². The van der Waals surface area contributed by atoms with E-state index in [1.54, 1.807) is 11.8 Å². The van der Waals surface area contributed by atoms with Crippen LogP contribution in [0.5, 0.6) is 0 Å². The molecular weight excluding hydrogens is 336 g/mol. The highest BCUT2D eigenvalue weighted by Gasteiger charge is 2.26. The zero-order chi connectivity index (χ0) is 19.6. The fourth-order valence-corrected chi connectivity index (χ4v) is 3.88. The van der Waals surface area contributed by atoms with E-state index >= 15 is 0 Å². The van der Waals surface area contributed by atoms with Crippen molar-refractivity contribution < 1.29 is 9.59 Å². The maximum Gasteiger partial charge on any atom is 0.228 e. The van der Waals surface area contributed by atoms with E-state index in [1.807, 2.05) is 42.2 Å². The molecule has 0 saturated carbocycles. The van der Waals surface area contributed by atoms with Gasteiger partial charge in [0.15, 0.2) is 0 Å². The minimum absolute atomic E-state index is 0.0270. The number of nitrogens with zero attached hydrogens (tertiary/aromatic N) is 2. The van der Waals surface area contributed by atoms with Crippen LogP contribution in [0.3, 0.4) is 0 Å². The number of rotatable bonds is 5. The van der Waals surface area contributed by atoms with E-state index in [0.717, 1.165) is 35.5 Å². The SMILES string of the molecule is CC(=O)N(CCC(=O)N1CCc2ccccc21)c1c(C)cccc1C(C)C. The molecule has 0 unspecified atom stereocenters. The first-order valence-electron chi connectivity index (χ1n) is 9.66. The third-order valence-electron chi connectivity index (χ3n) is 5.28. The number of aryl methyl sites for hydroxylation is 1. The van der Waals surface area contributed by atoms with Crippen LogP contribution in [-0.2, 0) is 16.0 Å². The molecule has 3 rings (SSSR count). The lowest BCUT2D eigenvalue weighted by Crippen LogP contribution is -2.36. The fourth-order valence-electron chi connectivity index (χ4n) is 3.88. The molecule has 0 atom stereocenters. The van der Waals surface area contributed by atoms with Crippen LogP contribution in [0.2, 0.25) is 0 Å². The van der Waals surface area contributed by atoms with Gasteiger partial charge in [0, 0.05) is 37.8 Å². The molecule has 1 heterocycles. The first-order chi connectivity index (χ1) is 12.9. The van der Waals surface area contributed by atoms with Gasteiger partial charge in [0.2, 0.25) is 11.8 Å². The van der Waals surface area contributed by atoms with Gasteiger partial charge < -0.3 is 9.80 Å². The van der Waals surface area contributed by atoms with Crippen LogP contribution < -0.4 is 9.80 Å². The van der Waals surface area contributed by atoms with Crippen LogP contribution >= 0.6 is 0 Å². The maximum atomic E-state index is 12.9. The van der Waals surface area contributed by atoms with Gasteiger partial charge in [-0.2, -0.15) is 0 Å². The fraction of sp³-hybridized carbons (Fsp3) is 0.391. The molecule has 1 aliphatic heterocycles. The van der Waals surface area contributed by atoms with Crippen molar-refractivity contribution in [3.63, 3.8) is 0 Å². The lowest BCUT2D eigenvalue weighted by molar-refractivity contribution is -0.118. The lowest BCUT2D eigenvalue weighted by atomic mass is 9.97. The van der Waals surface area contributed by atoms with Crippen molar-refractivity contribution in [2.75, 3.05) is 22.9 Å². The number of amides is 2. The second kappa shape index (κ2) is 7.95. The first-order valence-corrected chi connectivity index (χ1v) is 9.66. The summed E-state index contributed by atoms with van der Waals surface area (Å²) in [6.07, 6.45) is 1.22. The van der Waals surface area contributed by atoms with Crippen molar-refractivity contribution >= 4 is 23.2 Å². The number of hydrogen-bond donors (Lipinski definition) is 0. The molecule has 0 radical (unpaired) electrons. The molecule has 0 N–H and O–H groups in total. The molecule has 2 aromatic rings. The second-order valence-corrected chi connectivity index (χ2v) is 7.51. The Labute approximate surface area is 161 Å². The van der Waals surface area contributed by atoms with Gasteiger partial charge in [0.25, 0.3) is 0 Å². The Bertz CT molecular complexity index is 857. The monoisotopic (exact) mass is 364 g/mol. The van der Waals surface area contributed by atoms with E-state index in [4.69, 9.17) is 0 Å². The van der Waals surface area contributed by atoms with Crippen molar-refractivity contribution in [3.05, 3.63) is 59.2 Å². The highest BCUT2D eigenvalue weighted by atomic mass is 16.2. The number of fused-ring (bicyclic) bond motifs is 1. The van der Waals surface area contributed by atoms with Gasteiger partial charge >= 0.3 is 0 Å². The predicted octanol–water partition coefficient (Wildman–Crippen LogP) is 4.45. The molecule has 0 fully saturated rings.